The van der Waals surface area contributed by atoms with Crippen LogP contribution in [0.4, 0.5) is 5.82 Å². The van der Waals surface area contributed by atoms with Crippen molar-refractivity contribution in [2.75, 3.05) is 5.73 Å². The minimum Gasteiger partial charge on any atom is -0.383 e. The lowest BCUT2D eigenvalue weighted by Gasteiger charge is -2.07. The van der Waals surface area contributed by atoms with Gasteiger partial charge in [-0.1, -0.05) is 30.3 Å². The van der Waals surface area contributed by atoms with Crippen LogP contribution in [-0.4, -0.2) is 9.97 Å². The average molecular weight is 259 g/mol. The van der Waals surface area contributed by atoms with Crippen molar-refractivity contribution in [1.29, 1.82) is 0 Å². The lowest BCUT2D eigenvalue weighted by molar-refractivity contribution is 1.41. The number of nitrogens with zero attached hydrogens (tertiary/aromatic N) is 1. The van der Waals surface area contributed by atoms with Crippen molar-refractivity contribution in [2.24, 2.45) is 0 Å². The molecule has 0 aliphatic carbocycles. The molecule has 3 heteroatoms. The van der Waals surface area contributed by atoms with E-state index in [1.165, 1.54) is 5.39 Å². The summed E-state index contributed by atoms with van der Waals surface area (Å²) in [4.78, 5) is 7.71. The second kappa shape index (κ2) is 4.10. The van der Waals surface area contributed by atoms with Crippen LogP contribution in [0.1, 0.15) is 0 Å². The molecule has 2 aromatic heterocycles. The van der Waals surface area contributed by atoms with Crippen molar-refractivity contribution >= 4 is 27.6 Å². The van der Waals surface area contributed by atoms with Crippen LogP contribution in [0.3, 0.4) is 0 Å². The maximum Gasteiger partial charge on any atom is 0.131 e. The quantitative estimate of drug-likeness (QED) is 0.543. The number of nitrogens with one attached hydrogen (secondary N) is 1. The zero-order chi connectivity index (χ0) is 13.5. The smallest absolute Gasteiger partial charge is 0.131 e. The van der Waals surface area contributed by atoms with Crippen LogP contribution in [0, 0.1) is 0 Å². The highest BCUT2D eigenvalue weighted by Crippen LogP contribution is 2.30. The first-order valence-electron chi connectivity index (χ1n) is 6.54. The summed E-state index contributed by atoms with van der Waals surface area (Å²) in [6, 6.07) is 18.5. The lowest BCUT2D eigenvalue weighted by atomic mass is 10.0. The van der Waals surface area contributed by atoms with Gasteiger partial charge in [-0.3, -0.25) is 0 Å². The summed E-state index contributed by atoms with van der Waals surface area (Å²) >= 11 is 0. The maximum atomic E-state index is 6.12. The summed E-state index contributed by atoms with van der Waals surface area (Å²) in [6.45, 7) is 0. The van der Waals surface area contributed by atoms with Gasteiger partial charge in [-0.15, -0.1) is 0 Å². The van der Waals surface area contributed by atoms with Gasteiger partial charge in [0.25, 0.3) is 0 Å². The molecule has 4 aromatic rings. The normalized spacial score (nSPS) is 11.2. The Bertz CT molecular complexity index is 922. The monoisotopic (exact) mass is 259 g/mol. The maximum absolute atomic E-state index is 6.12. The molecule has 0 atom stereocenters. The third-order valence-corrected chi connectivity index (χ3v) is 3.62. The third kappa shape index (κ3) is 1.64. The number of pyridine rings is 1. The standard InChI is InChI=1S/C17H13N3/c18-17-14(9-13-3-1-2-4-15(13)20-17)12-6-5-11-7-8-19-16(11)10-12/h1-10,19H,(H2,18,20). The number of nitrogen functional groups attached to an aromatic ring is 1. The molecule has 0 saturated carbocycles. The highest BCUT2D eigenvalue weighted by atomic mass is 14.8. The number of fused-ring (bicyclic) bond motifs is 2. The molecule has 20 heavy (non-hydrogen) atoms. The fourth-order valence-electron chi connectivity index (χ4n) is 2.58. The van der Waals surface area contributed by atoms with Gasteiger partial charge in [0.05, 0.1) is 5.52 Å². The van der Waals surface area contributed by atoms with E-state index in [2.05, 4.69) is 46.4 Å². The number of nitrogens with two attached hydrogens (primary N) is 1. The van der Waals surface area contributed by atoms with Crippen LogP contribution < -0.4 is 5.73 Å². The minimum absolute atomic E-state index is 0.564. The molecule has 0 radical (unpaired) electrons. The molecule has 4 rings (SSSR count). The molecule has 0 aliphatic rings. The van der Waals surface area contributed by atoms with E-state index in [0.29, 0.717) is 5.82 Å². The average Bonchev–Trinajstić information content (AvgIpc) is 2.94. The van der Waals surface area contributed by atoms with Crippen molar-refractivity contribution in [3.63, 3.8) is 0 Å². The number of rotatable bonds is 1. The molecule has 0 bridgehead atoms. The van der Waals surface area contributed by atoms with Crippen molar-refractivity contribution in [3.8, 4) is 11.1 Å². The highest BCUT2D eigenvalue weighted by molar-refractivity contribution is 5.92. The predicted octanol–water partition coefficient (Wildman–Crippen LogP) is 3.97. The molecule has 2 aromatic carbocycles. The molecule has 0 saturated heterocycles. The Morgan fingerprint density at radius 3 is 2.75 bits per heavy atom. The molecule has 0 spiro atoms. The van der Waals surface area contributed by atoms with Gasteiger partial charge in [0.2, 0.25) is 0 Å². The third-order valence-electron chi connectivity index (χ3n) is 3.62. The zero-order valence-electron chi connectivity index (χ0n) is 10.8. The van der Waals surface area contributed by atoms with E-state index in [-0.39, 0.29) is 0 Å². The van der Waals surface area contributed by atoms with Crippen molar-refractivity contribution in [2.45, 2.75) is 0 Å². The first kappa shape index (κ1) is 11.1. The molecule has 3 N–H and O–H groups in total. The summed E-state index contributed by atoms with van der Waals surface area (Å²) in [5.41, 5.74) is 10.2. The van der Waals surface area contributed by atoms with Crippen LogP contribution in [0.2, 0.25) is 0 Å². The minimum atomic E-state index is 0.564. The van der Waals surface area contributed by atoms with E-state index in [1.54, 1.807) is 0 Å². The molecule has 0 amide bonds. The number of anilines is 1. The lowest BCUT2D eigenvalue weighted by Crippen LogP contribution is -1.95. The highest BCUT2D eigenvalue weighted by Gasteiger charge is 2.07. The number of H-pyrrole nitrogens is 1. The number of benzene rings is 2. The first-order valence-corrected chi connectivity index (χ1v) is 6.54. The summed E-state index contributed by atoms with van der Waals surface area (Å²) in [5.74, 6) is 0.564. The summed E-state index contributed by atoms with van der Waals surface area (Å²) < 4.78 is 0. The van der Waals surface area contributed by atoms with E-state index in [4.69, 9.17) is 5.73 Å². The van der Waals surface area contributed by atoms with Gasteiger partial charge in [0, 0.05) is 22.7 Å². The SMILES string of the molecule is Nc1nc2ccccc2cc1-c1ccc2cc[nH]c2c1. The second-order valence-electron chi connectivity index (χ2n) is 4.89. The molecular weight excluding hydrogens is 246 g/mol. The number of para-hydroxylation sites is 1. The second-order valence-corrected chi connectivity index (χ2v) is 4.89. The Kier molecular flexibility index (Phi) is 2.27. The van der Waals surface area contributed by atoms with Gasteiger partial charge >= 0.3 is 0 Å². The first-order chi connectivity index (χ1) is 9.81. The van der Waals surface area contributed by atoms with Crippen LogP contribution >= 0.6 is 0 Å². The van der Waals surface area contributed by atoms with Gasteiger partial charge in [0.15, 0.2) is 0 Å². The van der Waals surface area contributed by atoms with E-state index in [9.17, 15) is 0 Å². The largest absolute Gasteiger partial charge is 0.383 e. The fraction of sp³-hybridized carbons (Fsp3) is 0. The molecule has 0 fully saturated rings. The van der Waals surface area contributed by atoms with Gasteiger partial charge in [-0.25, -0.2) is 4.98 Å². The van der Waals surface area contributed by atoms with Crippen molar-refractivity contribution < 1.29 is 0 Å². The van der Waals surface area contributed by atoms with Gasteiger partial charge in [0.1, 0.15) is 5.82 Å². The number of hydrogen-bond acceptors (Lipinski definition) is 2. The molecule has 2 heterocycles. The van der Waals surface area contributed by atoms with Crippen LogP contribution in [0.25, 0.3) is 32.9 Å². The molecular formula is C17H13N3. The van der Waals surface area contributed by atoms with Gasteiger partial charge in [-0.2, -0.15) is 0 Å². The van der Waals surface area contributed by atoms with Gasteiger partial charge < -0.3 is 10.7 Å². The Morgan fingerprint density at radius 1 is 0.900 bits per heavy atom. The van der Waals surface area contributed by atoms with Gasteiger partial charge in [-0.05, 0) is 35.2 Å². The van der Waals surface area contributed by atoms with Crippen LogP contribution in [-0.2, 0) is 0 Å². The number of aromatic nitrogens is 2. The Morgan fingerprint density at radius 2 is 1.80 bits per heavy atom. The Labute approximate surface area is 116 Å². The molecule has 0 aliphatic heterocycles. The fourth-order valence-corrected chi connectivity index (χ4v) is 2.58. The Balaban J connectivity index is 1.98. The summed E-state index contributed by atoms with van der Waals surface area (Å²) in [7, 11) is 0. The van der Waals surface area contributed by atoms with Crippen molar-refractivity contribution in [1.82, 2.24) is 9.97 Å². The van der Waals surface area contributed by atoms with Crippen LogP contribution in [0.5, 0.6) is 0 Å². The topological polar surface area (TPSA) is 54.7 Å². The molecule has 3 nitrogen and oxygen atoms in total. The number of aromatic amines is 1. The van der Waals surface area contributed by atoms with Crippen LogP contribution in [0.15, 0.2) is 60.8 Å². The molecule has 96 valence electrons. The van der Waals surface area contributed by atoms with E-state index in [1.807, 2.05) is 24.4 Å². The number of hydrogen-bond donors (Lipinski definition) is 2. The van der Waals surface area contributed by atoms with E-state index in [0.717, 1.165) is 27.5 Å². The zero-order valence-corrected chi connectivity index (χ0v) is 10.8. The summed E-state index contributed by atoms with van der Waals surface area (Å²) in [6.07, 6.45) is 1.94. The summed E-state index contributed by atoms with van der Waals surface area (Å²) in [5, 5.41) is 2.30. The van der Waals surface area contributed by atoms with E-state index >= 15 is 0 Å². The van der Waals surface area contributed by atoms with Crippen molar-refractivity contribution in [3.05, 3.63) is 60.8 Å². The Hall–Kier alpha value is -2.81. The predicted molar refractivity (Wildman–Crippen MR) is 83.4 cm³/mol. The van der Waals surface area contributed by atoms with E-state index < -0.39 is 0 Å². The molecule has 0 unspecified atom stereocenters.